The van der Waals surface area contributed by atoms with Gasteiger partial charge in [-0.2, -0.15) is 35.1 Å². The maximum atomic E-state index is 14.0. The molecule has 105 heavy (non-hydrogen) atoms. The molecule has 2 heterocycles. The highest BCUT2D eigenvalue weighted by Crippen LogP contribution is 2.63. The number of carbonyl (C=O) groups is 8. The van der Waals surface area contributed by atoms with Crippen molar-refractivity contribution in [1.29, 1.82) is 0 Å². The van der Waals surface area contributed by atoms with Crippen molar-refractivity contribution < 1.29 is 137 Å². The van der Waals surface area contributed by atoms with E-state index in [9.17, 15) is 93.9 Å². The van der Waals surface area contributed by atoms with E-state index in [1.807, 2.05) is 96.9 Å². The SMILES string of the molecule is CCC(C)(C)C(=O)OC1(C)COC(O)(C(F)(F)F)C1(F)F.CCC(C)(C)C(=O)OC12CC3CC(C1)C(C)(OC(=O)COC(=O)C(C)(O)C(F)(F)F)C(C3)C2.CCC(C)(C)C(=O)OC12CC3CC(CC(O)(C3)C1)C2.CCC(C)(C)C(=O)OC1CCC(C(C)(C)O)CC1.CCC(C)(C)C(=O)OC1COC(=O)C1. The van der Waals surface area contributed by atoms with Gasteiger partial charge >= 0.3 is 71.8 Å². The largest absolute Gasteiger partial charge is 0.462 e. The van der Waals surface area contributed by atoms with Crippen LogP contribution < -0.4 is 0 Å². The Balaban J connectivity index is 0.000000244. The van der Waals surface area contributed by atoms with Gasteiger partial charge in [-0.3, -0.25) is 28.8 Å². The number of cyclic esters (lactones) is 1. The van der Waals surface area contributed by atoms with Gasteiger partial charge in [-0.25, -0.2) is 9.59 Å². The van der Waals surface area contributed by atoms with Gasteiger partial charge in [0.25, 0.3) is 5.60 Å². The van der Waals surface area contributed by atoms with Crippen molar-refractivity contribution in [2.75, 3.05) is 19.8 Å². The lowest BCUT2D eigenvalue weighted by atomic mass is 9.48. The van der Waals surface area contributed by atoms with Crippen molar-refractivity contribution in [3.63, 3.8) is 0 Å². The molecule has 2 saturated heterocycles. The van der Waals surface area contributed by atoms with Gasteiger partial charge in [0.1, 0.15) is 35.6 Å². The lowest BCUT2D eigenvalue weighted by Crippen LogP contribution is -2.65. The number of hydrogen-bond acceptors (Lipinski definition) is 21. The summed E-state index contributed by atoms with van der Waals surface area (Å²) in [6.07, 6.45) is 4.78. The molecule has 606 valence electrons. The number of halogens is 8. The van der Waals surface area contributed by atoms with E-state index in [2.05, 4.69) is 14.2 Å². The Morgan fingerprint density at radius 3 is 1.30 bits per heavy atom. The van der Waals surface area contributed by atoms with Gasteiger partial charge < -0.3 is 63.1 Å². The smallest absolute Gasteiger partial charge is 0.449 e. The fourth-order valence-corrected chi connectivity index (χ4v) is 15.3. The van der Waals surface area contributed by atoms with Gasteiger partial charge in [0.15, 0.2) is 6.61 Å². The molecule has 9 saturated carbocycles. The summed E-state index contributed by atoms with van der Waals surface area (Å²) in [6.45, 7) is 31.7. The summed E-state index contributed by atoms with van der Waals surface area (Å²) >= 11 is 0. The minimum Gasteiger partial charge on any atom is -0.462 e. The van der Waals surface area contributed by atoms with Crippen LogP contribution in [0.3, 0.4) is 0 Å². The van der Waals surface area contributed by atoms with Gasteiger partial charge in [0.05, 0.1) is 51.3 Å². The molecule has 29 heteroatoms. The van der Waals surface area contributed by atoms with Gasteiger partial charge in [0.2, 0.25) is 5.60 Å². The van der Waals surface area contributed by atoms with Crippen molar-refractivity contribution in [3.05, 3.63) is 0 Å². The maximum Gasteiger partial charge on any atom is 0.449 e. The van der Waals surface area contributed by atoms with E-state index in [1.165, 1.54) is 20.3 Å². The van der Waals surface area contributed by atoms with E-state index in [4.69, 9.17) is 28.4 Å². The van der Waals surface area contributed by atoms with E-state index in [0.717, 1.165) is 83.5 Å². The second-order valence-corrected chi connectivity index (χ2v) is 35.7. The molecule has 8 unspecified atom stereocenters. The molecular formula is C76H120F8O21. The molecule has 2 aliphatic heterocycles. The molecule has 11 fully saturated rings. The Hall–Kier alpha value is -5.00. The number of aliphatic hydroxyl groups is 4. The molecule has 0 aromatic rings. The van der Waals surface area contributed by atoms with Crippen molar-refractivity contribution >= 4 is 47.8 Å². The first kappa shape index (κ1) is 90.6. The average Bonchev–Trinajstić information content (AvgIpc) is 1.70. The lowest BCUT2D eigenvalue weighted by molar-refractivity contribution is -0.409. The van der Waals surface area contributed by atoms with Crippen LogP contribution in [0.1, 0.15) is 273 Å². The Morgan fingerprint density at radius 1 is 0.514 bits per heavy atom. The molecule has 8 bridgehead atoms. The van der Waals surface area contributed by atoms with Gasteiger partial charge in [-0.15, -0.1) is 0 Å². The summed E-state index contributed by atoms with van der Waals surface area (Å²) in [5, 5.41) is 39.1. The summed E-state index contributed by atoms with van der Waals surface area (Å²) in [5.41, 5.74) is -12.7. The highest BCUT2D eigenvalue weighted by atomic mass is 19.4. The van der Waals surface area contributed by atoms with Crippen LogP contribution in [0.4, 0.5) is 35.1 Å². The number of rotatable bonds is 20. The molecule has 21 nitrogen and oxygen atoms in total. The quantitative estimate of drug-likeness (QED) is 0.0500. The Morgan fingerprint density at radius 2 is 0.924 bits per heavy atom. The summed E-state index contributed by atoms with van der Waals surface area (Å²) in [7, 11) is 0. The zero-order valence-electron chi connectivity index (χ0n) is 65.3. The molecule has 0 aromatic heterocycles. The molecule has 0 amide bonds. The van der Waals surface area contributed by atoms with Crippen LogP contribution in [0.5, 0.6) is 0 Å². The minimum atomic E-state index is -5.74. The van der Waals surface area contributed by atoms with Crippen LogP contribution in [0.15, 0.2) is 0 Å². The monoisotopic (exact) mass is 1520 g/mol. The van der Waals surface area contributed by atoms with Crippen LogP contribution in [0.2, 0.25) is 0 Å². The molecule has 0 aromatic carbocycles. The van der Waals surface area contributed by atoms with E-state index in [-0.39, 0.29) is 91.3 Å². The molecule has 4 N–H and O–H groups in total. The Bertz CT molecular complexity index is 3060. The van der Waals surface area contributed by atoms with E-state index >= 15 is 0 Å². The number of ether oxygens (including phenoxy) is 9. The van der Waals surface area contributed by atoms with E-state index < -0.39 is 110 Å². The Labute approximate surface area is 613 Å². The van der Waals surface area contributed by atoms with E-state index in [1.54, 1.807) is 13.8 Å². The predicted molar refractivity (Wildman–Crippen MR) is 363 cm³/mol. The van der Waals surface area contributed by atoms with Gasteiger partial charge in [-0.05, 0) is 250 Å². The molecule has 11 rings (SSSR count). The molecular weight excluding hydrogens is 1400 g/mol. The number of alkyl halides is 8. The van der Waals surface area contributed by atoms with Crippen LogP contribution in [0.25, 0.3) is 0 Å². The standard InChI is InChI=1S/C23H33F3O7.C16H26O3.C15H28O3.C12H17F5O4.C10H16O4/c1-6-19(2,3)17(28)33-22-9-13-7-14(10-22)20(4,15(8-13)11-22)32-16(27)12-31-18(29)21(5,30)23(24,25)26;1-4-14(2,3)13(17)19-16-8-11-5-12(9-16)7-15(18,6-11)10-16;1-6-14(2,3)13(16)18-12-9-7-11(8-10-12)15(4,5)17;1-5-8(2,3)7(18)21-9(4)6-20-11(19,10(9,13)14)12(15,16)17;1-4-10(2,3)9(12)14-7-5-8(11)13-6-7/h13-15,30H,6-12H2,1-5H3;11-12,18H,4-10H2,1-3H3;11-12,17H,6-10H2,1-5H3;19H,5-6H2,1-4H3;7H,4-6H2,1-3H3. The molecule has 8 atom stereocenters. The first-order chi connectivity index (χ1) is 47.5. The van der Waals surface area contributed by atoms with Crippen LogP contribution >= 0.6 is 0 Å². The average molecular weight is 1520 g/mol. The topological polar surface area (TPSA) is 301 Å². The minimum absolute atomic E-state index is 0.0434. The van der Waals surface area contributed by atoms with Crippen molar-refractivity contribution in [2.24, 2.45) is 62.6 Å². The Kier molecular flexibility index (Phi) is 27.7. The van der Waals surface area contributed by atoms with Gasteiger partial charge in [0, 0.05) is 18.3 Å². The summed E-state index contributed by atoms with van der Waals surface area (Å²) < 4.78 is 150. The van der Waals surface area contributed by atoms with E-state index in [0.29, 0.717) is 62.7 Å². The third kappa shape index (κ3) is 20.7. The molecule has 11 aliphatic rings. The number of carbonyl (C=O) groups excluding carboxylic acids is 8. The lowest BCUT2D eigenvalue weighted by Gasteiger charge is -2.62. The number of hydrogen-bond donors (Lipinski definition) is 4. The van der Waals surface area contributed by atoms with Crippen molar-refractivity contribution in [2.45, 2.75) is 349 Å². The van der Waals surface area contributed by atoms with Crippen LogP contribution in [-0.4, -0.2) is 163 Å². The predicted octanol–water partition coefficient (Wildman–Crippen LogP) is 14.0. The summed E-state index contributed by atoms with van der Waals surface area (Å²) in [5.74, 6) is -12.9. The highest BCUT2D eigenvalue weighted by Gasteiger charge is 2.83. The normalized spacial score (nSPS) is 33.0. The third-order valence-electron chi connectivity index (χ3n) is 24.5. The van der Waals surface area contributed by atoms with Crippen molar-refractivity contribution in [1.82, 2.24) is 0 Å². The maximum absolute atomic E-state index is 14.0. The second-order valence-electron chi connectivity index (χ2n) is 35.7. The zero-order chi connectivity index (χ0) is 80.6. The van der Waals surface area contributed by atoms with Crippen LogP contribution in [-0.2, 0) is 81.0 Å². The first-order valence-electron chi connectivity index (χ1n) is 37.2. The summed E-state index contributed by atoms with van der Waals surface area (Å²) in [4.78, 5) is 95.3. The first-order valence-corrected chi connectivity index (χ1v) is 37.2. The molecule has 9 aliphatic carbocycles. The second kappa shape index (κ2) is 32.1. The highest BCUT2D eigenvalue weighted by molar-refractivity contribution is 5.83. The number of esters is 8. The van der Waals surface area contributed by atoms with Crippen molar-refractivity contribution in [3.8, 4) is 0 Å². The molecule has 0 radical (unpaired) electrons. The fourth-order valence-electron chi connectivity index (χ4n) is 15.3. The van der Waals surface area contributed by atoms with Crippen LogP contribution in [0, 0.1) is 62.6 Å². The third-order valence-corrected chi connectivity index (χ3v) is 24.5. The summed E-state index contributed by atoms with van der Waals surface area (Å²) in [6, 6.07) is 0. The zero-order valence-corrected chi connectivity index (χ0v) is 65.3. The fraction of sp³-hybridized carbons (Fsp3) is 0.895. The van der Waals surface area contributed by atoms with Gasteiger partial charge in [-0.1, -0.05) is 34.6 Å². The molecule has 0 spiro atoms.